The van der Waals surface area contributed by atoms with Crippen LogP contribution >= 0.6 is 0 Å². The van der Waals surface area contributed by atoms with Crippen molar-refractivity contribution in [2.45, 2.75) is 40.4 Å². The molecule has 0 amide bonds. The van der Waals surface area contributed by atoms with Gasteiger partial charge in [-0.3, -0.25) is 0 Å². The molecule has 3 heteroatoms. The number of benzene rings is 2. The fraction of sp³-hybridized carbons (Fsp3) is 0.400. The van der Waals surface area contributed by atoms with Gasteiger partial charge in [-0.15, -0.1) is 0 Å². The van der Waals surface area contributed by atoms with Crippen molar-refractivity contribution in [3.63, 3.8) is 0 Å². The monoisotopic (exact) mass is 316 g/mol. The third kappa shape index (κ3) is 7.20. The van der Waals surface area contributed by atoms with Crippen LogP contribution in [0, 0.1) is 0 Å². The van der Waals surface area contributed by atoms with Crippen molar-refractivity contribution in [2.75, 3.05) is 13.2 Å². The van der Waals surface area contributed by atoms with Gasteiger partial charge in [-0.25, -0.2) is 0 Å². The SMILES string of the molecule is CC.CC.c1ccc(COc2ccccc2OCC2CO2)cc1. The summed E-state index contributed by atoms with van der Waals surface area (Å²) in [5.41, 5.74) is 1.14. The maximum Gasteiger partial charge on any atom is 0.161 e. The molecular formula is C20H28O3. The predicted molar refractivity (Wildman–Crippen MR) is 95.1 cm³/mol. The third-order valence-electron chi connectivity index (χ3n) is 2.91. The lowest BCUT2D eigenvalue weighted by atomic mass is 10.2. The molecule has 0 bridgehead atoms. The van der Waals surface area contributed by atoms with Gasteiger partial charge in [0.05, 0.1) is 6.61 Å². The number of rotatable bonds is 6. The number of ether oxygens (including phenoxy) is 3. The molecule has 1 aliphatic rings. The van der Waals surface area contributed by atoms with Gasteiger partial charge < -0.3 is 14.2 Å². The van der Waals surface area contributed by atoms with Gasteiger partial charge >= 0.3 is 0 Å². The molecule has 0 aliphatic carbocycles. The first kappa shape index (κ1) is 19.0. The first-order valence-electron chi connectivity index (χ1n) is 8.42. The summed E-state index contributed by atoms with van der Waals surface area (Å²) < 4.78 is 16.6. The van der Waals surface area contributed by atoms with Gasteiger partial charge in [0.25, 0.3) is 0 Å². The quantitative estimate of drug-likeness (QED) is 0.695. The zero-order valence-electron chi connectivity index (χ0n) is 14.6. The first-order chi connectivity index (χ1) is 11.4. The van der Waals surface area contributed by atoms with Crippen LogP contribution in [0.25, 0.3) is 0 Å². The minimum Gasteiger partial charge on any atom is -0.487 e. The molecule has 2 aromatic rings. The van der Waals surface area contributed by atoms with Gasteiger partial charge in [0.15, 0.2) is 11.5 Å². The van der Waals surface area contributed by atoms with Crippen molar-refractivity contribution >= 4 is 0 Å². The highest BCUT2D eigenvalue weighted by molar-refractivity contribution is 5.39. The minimum absolute atomic E-state index is 0.252. The molecule has 1 unspecified atom stereocenters. The molecule has 1 saturated heterocycles. The number of hydrogen-bond donors (Lipinski definition) is 0. The average Bonchev–Trinajstić information content (AvgIpc) is 3.48. The largest absolute Gasteiger partial charge is 0.487 e. The Balaban J connectivity index is 0.000000615. The summed E-state index contributed by atoms with van der Waals surface area (Å²) >= 11 is 0. The second kappa shape index (κ2) is 11.6. The van der Waals surface area contributed by atoms with E-state index in [1.54, 1.807) is 0 Å². The predicted octanol–water partition coefficient (Wildman–Crippen LogP) is 5.10. The van der Waals surface area contributed by atoms with Crippen LogP contribution in [0.1, 0.15) is 33.3 Å². The molecule has 0 saturated carbocycles. The van der Waals surface area contributed by atoms with Crippen molar-refractivity contribution in [1.29, 1.82) is 0 Å². The zero-order chi connectivity index (χ0) is 16.9. The molecule has 1 heterocycles. The molecule has 1 atom stereocenters. The number of hydrogen-bond acceptors (Lipinski definition) is 3. The fourth-order valence-electron chi connectivity index (χ4n) is 1.77. The summed E-state index contributed by atoms with van der Waals surface area (Å²) in [7, 11) is 0. The Bertz CT molecular complexity index is 521. The van der Waals surface area contributed by atoms with Gasteiger partial charge in [0.2, 0.25) is 0 Å². The summed E-state index contributed by atoms with van der Waals surface area (Å²) in [5.74, 6) is 1.54. The average molecular weight is 316 g/mol. The van der Waals surface area contributed by atoms with E-state index < -0.39 is 0 Å². The second-order valence-corrected chi connectivity index (χ2v) is 4.49. The van der Waals surface area contributed by atoms with Crippen LogP contribution in [0.15, 0.2) is 54.6 Å². The highest BCUT2D eigenvalue weighted by atomic mass is 16.6. The number of para-hydroxylation sites is 2. The van der Waals surface area contributed by atoms with E-state index in [-0.39, 0.29) is 6.10 Å². The van der Waals surface area contributed by atoms with Crippen LogP contribution in [-0.4, -0.2) is 19.3 Å². The molecule has 1 fully saturated rings. The standard InChI is InChI=1S/C16H16O3.2C2H6/c1-2-6-13(7-3-1)10-18-15-8-4-5-9-16(15)19-12-14-11-17-14;2*1-2/h1-9,14H,10-12H2;2*1-2H3. The lowest BCUT2D eigenvalue weighted by Crippen LogP contribution is -2.05. The van der Waals surface area contributed by atoms with Crippen molar-refractivity contribution in [2.24, 2.45) is 0 Å². The zero-order valence-corrected chi connectivity index (χ0v) is 14.6. The van der Waals surface area contributed by atoms with Crippen LogP contribution in [0.4, 0.5) is 0 Å². The summed E-state index contributed by atoms with van der Waals surface area (Å²) in [6, 6.07) is 17.8. The topological polar surface area (TPSA) is 31.0 Å². The molecule has 0 radical (unpaired) electrons. The highest BCUT2D eigenvalue weighted by Gasteiger charge is 2.23. The Hall–Kier alpha value is -2.00. The van der Waals surface area contributed by atoms with Crippen molar-refractivity contribution in [3.05, 3.63) is 60.2 Å². The Morgan fingerprint density at radius 1 is 0.826 bits per heavy atom. The van der Waals surface area contributed by atoms with Crippen molar-refractivity contribution < 1.29 is 14.2 Å². The molecule has 1 aliphatic heterocycles. The Kier molecular flexibility index (Phi) is 9.57. The number of epoxide rings is 1. The highest BCUT2D eigenvalue weighted by Crippen LogP contribution is 2.28. The van der Waals surface area contributed by atoms with E-state index in [0.29, 0.717) is 13.2 Å². The maximum absolute atomic E-state index is 5.81. The van der Waals surface area contributed by atoms with Crippen LogP contribution in [0.5, 0.6) is 11.5 Å². The Labute approximate surface area is 140 Å². The van der Waals surface area contributed by atoms with Gasteiger partial charge in [-0.2, -0.15) is 0 Å². The van der Waals surface area contributed by atoms with Gasteiger partial charge in [0, 0.05) is 0 Å². The molecule has 3 nitrogen and oxygen atoms in total. The van der Waals surface area contributed by atoms with Crippen LogP contribution in [0.3, 0.4) is 0 Å². The summed E-state index contributed by atoms with van der Waals surface area (Å²) in [5, 5.41) is 0. The molecule has 3 rings (SSSR count). The van der Waals surface area contributed by atoms with Crippen molar-refractivity contribution in [3.8, 4) is 11.5 Å². The van der Waals surface area contributed by atoms with Gasteiger partial charge in [-0.1, -0.05) is 70.2 Å². The Morgan fingerprint density at radius 2 is 1.35 bits per heavy atom. The molecule has 23 heavy (non-hydrogen) atoms. The van der Waals surface area contributed by atoms with E-state index in [4.69, 9.17) is 14.2 Å². The van der Waals surface area contributed by atoms with E-state index >= 15 is 0 Å². The maximum atomic E-state index is 5.81. The van der Waals surface area contributed by atoms with E-state index in [0.717, 1.165) is 23.7 Å². The minimum atomic E-state index is 0.252. The fourth-order valence-corrected chi connectivity index (χ4v) is 1.77. The molecule has 0 spiro atoms. The molecule has 0 N–H and O–H groups in total. The molecular weight excluding hydrogens is 288 g/mol. The van der Waals surface area contributed by atoms with Crippen LogP contribution in [-0.2, 0) is 11.3 Å². The van der Waals surface area contributed by atoms with Crippen LogP contribution in [0.2, 0.25) is 0 Å². The lowest BCUT2D eigenvalue weighted by molar-refractivity contribution is 0.238. The summed E-state index contributed by atoms with van der Waals surface area (Å²) in [4.78, 5) is 0. The Morgan fingerprint density at radius 3 is 1.91 bits per heavy atom. The van der Waals surface area contributed by atoms with Crippen LogP contribution < -0.4 is 9.47 Å². The molecule has 0 aromatic heterocycles. The normalized spacial score (nSPS) is 14.5. The lowest BCUT2D eigenvalue weighted by Gasteiger charge is -2.12. The molecule has 126 valence electrons. The smallest absolute Gasteiger partial charge is 0.161 e. The van der Waals surface area contributed by atoms with E-state index in [1.807, 2.05) is 82.3 Å². The summed E-state index contributed by atoms with van der Waals surface area (Å²) in [6.45, 7) is 9.93. The van der Waals surface area contributed by atoms with Gasteiger partial charge in [-0.05, 0) is 17.7 Å². The molecule has 2 aromatic carbocycles. The van der Waals surface area contributed by atoms with E-state index in [2.05, 4.69) is 0 Å². The van der Waals surface area contributed by atoms with Crippen molar-refractivity contribution in [1.82, 2.24) is 0 Å². The van der Waals surface area contributed by atoms with E-state index in [9.17, 15) is 0 Å². The first-order valence-corrected chi connectivity index (χ1v) is 8.42. The van der Waals surface area contributed by atoms with E-state index in [1.165, 1.54) is 0 Å². The summed E-state index contributed by atoms with van der Waals surface area (Å²) in [6.07, 6.45) is 0.252. The third-order valence-corrected chi connectivity index (χ3v) is 2.91. The van der Waals surface area contributed by atoms with Gasteiger partial charge in [0.1, 0.15) is 19.3 Å². The second-order valence-electron chi connectivity index (χ2n) is 4.49.